The van der Waals surface area contributed by atoms with Crippen LogP contribution in [0.5, 0.6) is 0 Å². The minimum absolute atomic E-state index is 0.0133. The number of rotatable bonds is 3. The largest absolute Gasteiger partial charge is 0.390 e. The van der Waals surface area contributed by atoms with Crippen LogP contribution < -0.4 is 0 Å². The smallest absolute Gasteiger partial charge is 0.0836 e. The maximum absolute atomic E-state index is 9.60. The predicted molar refractivity (Wildman–Crippen MR) is 79.7 cm³/mol. The summed E-state index contributed by atoms with van der Waals surface area (Å²) in [6, 6.07) is 16.1. The third-order valence-corrected chi connectivity index (χ3v) is 3.46. The van der Waals surface area contributed by atoms with E-state index in [1.807, 2.05) is 36.4 Å². The van der Waals surface area contributed by atoms with Crippen LogP contribution in [0.2, 0.25) is 0 Å². The normalized spacial score (nSPS) is 10.7. The van der Waals surface area contributed by atoms with Crippen LogP contribution in [-0.2, 0) is 6.61 Å². The van der Waals surface area contributed by atoms with Gasteiger partial charge in [-0.1, -0.05) is 18.2 Å². The lowest BCUT2D eigenvalue weighted by Crippen LogP contribution is -2.03. The SMILES string of the molecule is Cc1ccccc1-n1c(CO)ccc1-c1ccncc1. The van der Waals surface area contributed by atoms with Crippen LogP contribution in [-0.4, -0.2) is 14.7 Å². The zero-order valence-electron chi connectivity index (χ0n) is 11.3. The molecular formula is C17H16N2O. The first-order chi connectivity index (χ1) is 9.81. The molecule has 2 heterocycles. The molecular weight excluding hydrogens is 248 g/mol. The monoisotopic (exact) mass is 264 g/mol. The number of hydrogen-bond acceptors (Lipinski definition) is 2. The highest BCUT2D eigenvalue weighted by molar-refractivity contribution is 5.64. The lowest BCUT2D eigenvalue weighted by atomic mass is 10.1. The summed E-state index contributed by atoms with van der Waals surface area (Å²) in [5.74, 6) is 0. The second kappa shape index (κ2) is 5.31. The Morgan fingerprint density at radius 2 is 1.75 bits per heavy atom. The number of pyridine rings is 1. The van der Waals surface area contributed by atoms with E-state index in [0.29, 0.717) is 0 Å². The molecule has 0 aliphatic heterocycles. The molecule has 3 nitrogen and oxygen atoms in total. The number of para-hydroxylation sites is 1. The number of hydrogen-bond donors (Lipinski definition) is 1. The molecule has 3 aromatic rings. The number of aromatic nitrogens is 2. The van der Waals surface area contributed by atoms with Crippen molar-refractivity contribution in [3.05, 3.63) is 72.2 Å². The van der Waals surface area contributed by atoms with Crippen LogP contribution in [0, 0.1) is 6.92 Å². The van der Waals surface area contributed by atoms with Crippen LogP contribution in [0.15, 0.2) is 60.9 Å². The van der Waals surface area contributed by atoms with E-state index in [-0.39, 0.29) is 6.61 Å². The molecule has 0 aliphatic carbocycles. The Morgan fingerprint density at radius 1 is 1.00 bits per heavy atom. The van der Waals surface area contributed by atoms with E-state index in [1.54, 1.807) is 12.4 Å². The van der Waals surface area contributed by atoms with Crippen molar-refractivity contribution in [1.29, 1.82) is 0 Å². The zero-order valence-corrected chi connectivity index (χ0v) is 11.3. The molecule has 0 amide bonds. The van der Waals surface area contributed by atoms with E-state index < -0.39 is 0 Å². The highest BCUT2D eigenvalue weighted by Crippen LogP contribution is 2.27. The van der Waals surface area contributed by atoms with Gasteiger partial charge in [-0.3, -0.25) is 4.98 Å². The first-order valence-corrected chi connectivity index (χ1v) is 6.59. The molecule has 1 aromatic carbocycles. The van der Waals surface area contributed by atoms with Crippen molar-refractivity contribution in [3.63, 3.8) is 0 Å². The predicted octanol–water partition coefficient (Wildman–Crippen LogP) is 3.34. The molecule has 100 valence electrons. The first-order valence-electron chi connectivity index (χ1n) is 6.59. The molecule has 0 atom stereocenters. The summed E-state index contributed by atoms with van der Waals surface area (Å²) in [6.07, 6.45) is 3.56. The number of nitrogens with zero attached hydrogens (tertiary/aromatic N) is 2. The van der Waals surface area contributed by atoms with Crippen LogP contribution in [0.1, 0.15) is 11.3 Å². The highest BCUT2D eigenvalue weighted by Gasteiger charge is 2.12. The number of aliphatic hydroxyl groups excluding tert-OH is 1. The molecule has 0 aliphatic rings. The first kappa shape index (κ1) is 12.6. The molecule has 0 unspecified atom stereocenters. The molecule has 3 heteroatoms. The Bertz CT molecular complexity index is 717. The van der Waals surface area contributed by atoms with Gasteiger partial charge in [0.15, 0.2) is 0 Å². The van der Waals surface area contributed by atoms with Crippen molar-refractivity contribution in [3.8, 4) is 16.9 Å². The number of benzene rings is 1. The molecule has 0 bridgehead atoms. The molecule has 0 saturated heterocycles. The number of aliphatic hydroxyl groups is 1. The van der Waals surface area contributed by atoms with Crippen LogP contribution >= 0.6 is 0 Å². The fraction of sp³-hybridized carbons (Fsp3) is 0.118. The summed E-state index contributed by atoms with van der Waals surface area (Å²) in [6.45, 7) is 2.09. The van der Waals surface area contributed by atoms with Crippen molar-refractivity contribution >= 4 is 0 Å². The van der Waals surface area contributed by atoms with Crippen molar-refractivity contribution in [1.82, 2.24) is 9.55 Å². The van der Waals surface area contributed by atoms with Crippen LogP contribution in [0.3, 0.4) is 0 Å². The summed E-state index contributed by atoms with van der Waals surface area (Å²) in [5, 5.41) is 9.60. The molecule has 0 saturated carbocycles. The van der Waals surface area contributed by atoms with Crippen molar-refractivity contribution < 1.29 is 5.11 Å². The summed E-state index contributed by atoms with van der Waals surface area (Å²) in [5.41, 5.74) is 5.29. The molecule has 0 fully saturated rings. The lowest BCUT2D eigenvalue weighted by molar-refractivity contribution is 0.275. The van der Waals surface area contributed by atoms with Gasteiger partial charge >= 0.3 is 0 Å². The van der Waals surface area contributed by atoms with Gasteiger partial charge in [0, 0.05) is 29.3 Å². The van der Waals surface area contributed by atoms with Gasteiger partial charge in [0.2, 0.25) is 0 Å². The second-order valence-electron chi connectivity index (χ2n) is 4.73. The van der Waals surface area contributed by atoms with Gasteiger partial charge < -0.3 is 9.67 Å². The fourth-order valence-corrected chi connectivity index (χ4v) is 2.45. The Labute approximate surface area is 118 Å². The number of aryl methyl sites for hydroxylation is 1. The second-order valence-corrected chi connectivity index (χ2v) is 4.73. The van der Waals surface area contributed by atoms with E-state index in [2.05, 4.69) is 28.6 Å². The van der Waals surface area contributed by atoms with Gasteiger partial charge in [-0.2, -0.15) is 0 Å². The molecule has 0 spiro atoms. The Balaban J connectivity index is 2.24. The Morgan fingerprint density at radius 3 is 2.45 bits per heavy atom. The third-order valence-electron chi connectivity index (χ3n) is 3.46. The molecule has 1 N–H and O–H groups in total. The van der Waals surface area contributed by atoms with Crippen molar-refractivity contribution in [2.24, 2.45) is 0 Å². The molecule has 3 rings (SSSR count). The van der Waals surface area contributed by atoms with E-state index in [9.17, 15) is 5.11 Å². The van der Waals surface area contributed by atoms with Gasteiger partial charge in [0.1, 0.15) is 0 Å². The lowest BCUT2D eigenvalue weighted by Gasteiger charge is -2.15. The molecule has 0 radical (unpaired) electrons. The minimum atomic E-state index is 0.0133. The fourth-order valence-electron chi connectivity index (χ4n) is 2.45. The maximum Gasteiger partial charge on any atom is 0.0836 e. The average molecular weight is 264 g/mol. The minimum Gasteiger partial charge on any atom is -0.390 e. The maximum atomic E-state index is 9.60. The van der Waals surface area contributed by atoms with Gasteiger partial charge in [0.05, 0.1) is 12.3 Å². The zero-order chi connectivity index (χ0) is 13.9. The highest BCUT2D eigenvalue weighted by atomic mass is 16.3. The summed E-state index contributed by atoms with van der Waals surface area (Å²) in [4.78, 5) is 4.06. The summed E-state index contributed by atoms with van der Waals surface area (Å²) < 4.78 is 2.10. The van der Waals surface area contributed by atoms with Gasteiger partial charge in [-0.15, -0.1) is 0 Å². The van der Waals surface area contributed by atoms with E-state index in [4.69, 9.17) is 0 Å². The quantitative estimate of drug-likeness (QED) is 0.788. The standard InChI is InChI=1S/C17H16N2O/c1-13-4-2-3-5-16(13)19-15(12-20)6-7-17(19)14-8-10-18-11-9-14/h2-11,20H,12H2,1H3. The topological polar surface area (TPSA) is 38.0 Å². The van der Waals surface area contributed by atoms with E-state index in [1.165, 1.54) is 5.56 Å². The van der Waals surface area contributed by atoms with E-state index in [0.717, 1.165) is 22.6 Å². The summed E-state index contributed by atoms with van der Waals surface area (Å²) >= 11 is 0. The third kappa shape index (κ3) is 2.12. The molecule has 2 aromatic heterocycles. The van der Waals surface area contributed by atoms with Crippen molar-refractivity contribution in [2.45, 2.75) is 13.5 Å². The Hall–Kier alpha value is -2.39. The average Bonchev–Trinajstić information content (AvgIpc) is 2.92. The Kier molecular flexibility index (Phi) is 3.35. The van der Waals surface area contributed by atoms with Crippen LogP contribution in [0.25, 0.3) is 16.9 Å². The molecule has 20 heavy (non-hydrogen) atoms. The van der Waals surface area contributed by atoms with Gasteiger partial charge in [0.25, 0.3) is 0 Å². The van der Waals surface area contributed by atoms with Gasteiger partial charge in [-0.05, 0) is 42.8 Å². The van der Waals surface area contributed by atoms with Crippen molar-refractivity contribution in [2.75, 3.05) is 0 Å². The van der Waals surface area contributed by atoms with Gasteiger partial charge in [-0.25, -0.2) is 0 Å². The summed E-state index contributed by atoms with van der Waals surface area (Å²) in [7, 11) is 0. The van der Waals surface area contributed by atoms with E-state index >= 15 is 0 Å². The van der Waals surface area contributed by atoms with Crippen LogP contribution in [0.4, 0.5) is 0 Å².